The van der Waals surface area contributed by atoms with Crippen LogP contribution in [0.2, 0.25) is 0 Å². The molecule has 0 aromatic heterocycles. The van der Waals surface area contributed by atoms with Crippen LogP contribution >= 0.6 is 11.6 Å². The summed E-state index contributed by atoms with van der Waals surface area (Å²) in [7, 11) is 0. The second kappa shape index (κ2) is 14.2. The Hall–Kier alpha value is -3.72. The predicted octanol–water partition coefficient (Wildman–Crippen LogP) is 7.50. The SMILES string of the molecule is CCC(C)(C)c1ccc(OC(C)CC(=O)Nc2cccc(NC(=O)C(Cl)(C(=O)C(C)(C)C)N3C(=O)CCC3=O)c2)c(C(C)(C)CC)c1. The summed E-state index contributed by atoms with van der Waals surface area (Å²) in [6, 6.07) is 12.6. The van der Waals surface area contributed by atoms with Crippen LogP contribution in [0.25, 0.3) is 0 Å². The van der Waals surface area contributed by atoms with E-state index in [0.717, 1.165) is 24.2 Å². The third-order valence-corrected chi connectivity index (χ3v) is 9.62. The van der Waals surface area contributed by atoms with Gasteiger partial charge in [-0.1, -0.05) is 92.1 Å². The Morgan fingerprint density at radius 2 is 1.40 bits per heavy atom. The number of hydrogen-bond donors (Lipinski definition) is 2. The van der Waals surface area contributed by atoms with Crippen LogP contribution in [0.1, 0.15) is 112 Å². The van der Waals surface area contributed by atoms with Gasteiger partial charge >= 0.3 is 0 Å². The van der Waals surface area contributed by atoms with Gasteiger partial charge in [-0.15, -0.1) is 0 Å². The van der Waals surface area contributed by atoms with Crippen molar-refractivity contribution in [3.05, 3.63) is 53.6 Å². The van der Waals surface area contributed by atoms with Crippen molar-refractivity contribution in [2.45, 2.75) is 123 Å². The zero-order chi connectivity index (χ0) is 35.5. The Balaban J connectivity index is 1.76. The first-order valence-electron chi connectivity index (χ1n) is 16.3. The van der Waals surface area contributed by atoms with E-state index in [9.17, 15) is 24.0 Å². The van der Waals surface area contributed by atoms with Gasteiger partial charge in [-0.2, -0.15) is 0 Å². The monoisotopic (exact) mass is 667 g/mol. The van der Waals surface area contributed by atoms with E-state index in [1.54, 1.807) is 39.0 Å². The number of carbonyl (C=O) groups is 5. The summed E-state index contributed by atoms with van der Waals surface area (Å²) in [6.07, 6.45) is 1.27. The summed E-state index contributed by atoms with van der Waals surface area (Å²) in [5.41, 5.74) is 1.70. The maximum absolute atomic E-state index is 13.6. The van der Waals surface area contributed by atoms with Gasteiger partial charge in [0.1, 0.15) is 11.9 Å². The normalized spacial score (nSPS) is 16.0. The number of rotatable bonds is 13. The van der Waals surface area contributed by atoms with Crippen molar-refractivity contribution in [2.24, 2.45) is 5.41 Å². The van der Waals surface area contributed by atoms with Crippen molar-refractivity contribution in [1.82, 2.24) is 4.90 Å². The molecule has 47 heavy (non-hydrogen) atoms. The molecule has 0 radical (unpaired) electrons. The maximum atomic E-state index is 13.6. The largest absolute Gasteiger partial charge is 0.490 e. The number of halogens is 1. The highest BCUT2D eigenvalue weighted by Gasteiger charge is 2.58. The number of alkyl halides is 1. The van der Waals surface area contributed by atoms with E-state index >= 15 is 0 Å². The third kappa shape index (κ3) is 8.42. The number of amides is 4. The van der Waals surface area contributed by atoms with Crippen LogP contribution in [0.15, 0.2) is 42.5 Å². The zero-order valence-electron chi connectivity index (χ0n) is 29.4. The number of anilines is 2. The second-order valence-corrected chi connectivity index (χ2v) is 15.3. The van der Waals surface area contributed by atoms with Crippen LogP contribution in [-0.2, 0) is 34.8 Å². The molecule has 2 N–H and O–H groups in total. The molecule has 0 bridgehead atoms. The number of carbonyl (C=O) groups excluding carboxylic acids is 5. The molecule has 0 aliphatic carbocycles. The first kappa shape index (κ1) is 37.7. The minimum Gasteiger partial charge on any atom is -0.490 e. The van der Waals surface area contributed by atoms with Gasteiger partial charge < -0.3 is 15.4 Å². The third-order valence-electron chi connectivity index (χ3n) is 9.11. The Bertz CT molecular complexity index is 1530. The van der Waals surface area contributed by atoms with Crippen LogP contribution in [0.4, 0.5) is 11.4 Å². The lowest BCUT2D eigenvalue weighted by Gasteiger charge is -2.36. The molecule has 1 heterocycles. The summed E-state index contributed by atoms with van der Waals surface area (Å²) >= 11 is 6.64. The van der Waals surface area contributed by atoms with E-state index in [4.69, 9.17) is 16.3 Å². The lowest BCUT2D eigenvalue weighted by molar-refractivity contribution is -0.155. The van der Waals surface area contributed by atoms with Crippen molar-refractivity contribution >= 4 is 52.4 Å². The number of benzene rings is 2. The number of Topliss-reactive ketones (excluding diaryl/α,β-unsaturated/α-hetero) is 1. The summed E-state index contributed by atoms with van der Waals surface area (Å²) in [5, 5.41) is 5.40. The number of likely N-dealkylation sites (tertiary alicyclic amines) is 1. The highest BCUT2D eigenvalue weighted by Crippen LogP contribution is 2.39. The van der Waals surface area contributed by atoms with Crippen LogP contribution < -0.4 is 15.4 Å². The van der Waals surface area contributed by atoms with Gasteiger partial charge in [-0.25, -0.2) is 4.90 Å². The molecular weight excluding hydrogens is 618 g/mol. The molecule has 1 aliphatic rings. The molecule has 0 saturated carbocycles. The van der Waals surface area contributed by atoms with E-state index in [1.165, 1.54) is 11.6 Å². The van der Waals surface area contributed by atoms with Gasteiger partial charge in [-0.05, 0) is 60.4 Å². The van der Waals surface area contributed by atoms with Crippen molar-refractivity contribution < 1.29 is 28.7 Å². The van der Waals surface area contributed by atoms with Gasteiger partial charge in [0.05, 0.1) is 6.42 Å². The molecule has 1 fully saturated rings. The number of nitrogens with zero attached hydrogens (tertiary/aromatic N) is 1. The lowest BCUT2D eigenvalue weighted by atomic mass is 9.76. The van der Waals surface area contributed by atoms with Gasteiger partial charge in [0.15, 0.2) is 5.78 Å². The molecule has 256 valence electrons. The number of imide groups is 1. The molecule has 0 spiro atoms. The van der Waals surface area contributed by atoms with Crippen molar-refractivity contribution in [3.8, 4) is 5.75 Å². The number of nitrogens with one attached hydrogen (secondary N) is 2. The molecule has 1 aliphatic heterocycles. The Labute approximate surface area is 284 Å². The van der Waals surface area contributed by atoms with Crippen molar-refractivity contribution in [3.63, 3.8) is 0 Å². The molecule has 4 amide bonds. The number of ketones is 1. The van der Waals surface area contributed by atoms with Crippen molar-refractivity contribution in [2.75, 3.05) is 10.6 Å². The van der Waals surface area contributed by atoms with E-state index in [0.29, 0.717) is 10.6 Å². The summed E-state index contributed by atoms with van der Waals surface area (Å²) in [5.74, 6) is -2.76. The Morgan fingerprint density at radius 1 is 0.851 bits per heavy atom. The fourth-order valence-corrected chi connectivity index (χ4v) is 5.84. The van der Waals surface area contributed by atoms with Crippen LogP contribution in [0.5, 0.6) is 5.75 Å². The van der Waals surface area contributed by atoms with Gasteiger partial charge in [0.2, 0.25) is 17.7 Å². The topological polar surface area (TPSA) is 122 Å². The number of ether oxygens (including phenoxy) is 1. The first-order chi connectivity index (χ1) is 21.7. The average Bonchev–Trinajstić information content (AvgIpc) is 3.33. The van der Waals surface area contributed by atoms with E-state index in [2.05, 4.69) is 64.3 Å². The predicted molar refractivity (Wildman–Crippen MR) is 186 cm³/mol. The molecular formula is C37H50ClN3O6. The number of hydrogen-bond acceptors (Lipinski definition) is 6. The molecule has 2 aromatic carbocycles. The zero-order valence-corrected chi connectivity index (χ0v) is 30.2. The molecule has 9 nitrogen and oxygen atoms in total. The van der Waals surface area contributed by atoms with Crippen molar-refractivity contribution in [1.29, 1.82) is 0 Å². The van der Waals surface area contributed by atoms with E-state index < -0.39 is 40.0 Å². The highest BCUT2D eigenvalue weighted by molar-refractivity contribution is 6.50. The van der Waals surface area contributed by atoms with Crippen LogP contribution in [0.3, 0.4) is 0 Å². The molecule has 2 unspecified atom stereocenters. The summed E-state index contributed by atoms with van der Waals surface area (Å²) in [6.45, 7) is 19.7. The van der Waals surface area contributed by atoms with Gasteiger partial charge in [0, 0.05) is 35.2 Å². The van der Waals surface area contributed by atoms with E-state index in [1.807, 2.05) is 13.0 Å². The summed E-state index contributed by atoms with van der Waals surface area (Å²) < 4.78 is 6.35. The quantitative estimate of drug-likeness (QED) is 0.0988. The van der Waals surface area contributed by atoms with Crippen LogP contribution in [0, 0.1) is 5.41 Å². The van der Waals surface area contributed by atoms with Gasteiger partial charge in [-0.3, -0.25) is 24.0 Å². The Morgan fingerprint density at radius 3 is 1.94 bits per heavy atom. The second-order valence-electron chi connectivity index (χ2n) is 14.7. The van der Waals surface area contributed by atoms with E-state index in [-0.39, 0.29) is 41.7 Å². The van der Waals surface area contributed by atoms with Gasteiger partial charge in [0.25, 0.3) is 10.9 Å². The minimum absolute atomic E-state index is 0.0209. The summed E-state index contributed by atoms with van der Waals surface area (Å²) in [4.78, 5) is 63.2. The molecule has 1 saturated heterocycles. The van der Waals surface area contributed by atoms with Crippen LogP contribution in [-0.4, -0.2) is 45.4 Å². The Kier molecular flexibility index (Phi) is 11.4. The minimum atomic E-state index is -2.56. The first-order valence-corrected chi connectivity index (χ1v) is 16.7. The lowest BCUT2D eigenvalue weighted by Crippen LogP contribution is -2.62. The average molecular weight is 668 g/mol. The molecule has 10 heteroatoms. The fraction of sp³-hybridized carbons (Fsp3) is 0.541. The smallest absolute Gasteiger partial charge is 0.274 e. The molecule has 3 rings (SSSR count). The molecule has 2 atom stereocenters. The maximum Gasteiger partial charge on any atom is 0.274 e. The standard InChI is InChI=1S/C37H50ClN3O6/c1-11-35(7,8)24-16-17-28(27(21-24)36(9,10)12-2)47-23(3)20-29(42)39-25-14-13-15-26(22-25)40-33(46)37(38,32(45)34(4,5)6)41-30(43)18-19-31(41)44/h13-17,21-23H,11-12,18-20H2,1-10H3,(H,39,42)(H,40,46). The molecule has 2 aromatic rings. The highest BCUT2D eigenvalue weighted by atomic mass is 35.5. The fourth-order valence-electron chi connectivity index (χ4n) is 5.32.